The lowest BCUT2D eigenvalue weighted by atomic mass is 10.1. The predicted molar refractivity (Wildman–Crippen MR) is 111 cm³/mol. The van der Waals surface area contributed by atoms with Crippen LogP contribution in [-0.4, -0.2) is 51.9 Å². The van der Waals surface area contributed by atoms with Crippen LogP contribution in [0.15, 0.2) is 24.4 Å². The van der Waals surface area contributed by atoms with Crippen LogP contribution in [-0.2, 0) is 27.0 Å². The number of primary amides is 1. The quantitative estimate of drug-likeness (QED) is 0.632. The van der Waals surface area contributed by atoms with Crippen LogP contribution in [0.25, 0.3) is 10.9 Å². The van der Waals surface area contributed by atoms with Gasteiger partial charge in [0.1, 0.15) is 0 Å². The lowest BCUT2D eigenvalue weighted by Crippen LogP contribution is -2.20. The molecule has 0 saturated carbocycles. The van der Waals surface area contributed by atoms with E-state index in [-0.39, 0.29) is 11.7 Å². The first kappa shape index (κ1) is 23.1. The summed E-state index contributed by atoms with van der Waals surface area (Å²) in [5.74, 6) is 0.199. The molecule has 152 valence electrons. The van der Waals surface area contributed by atoms with E-state index in [9.17, 15) is 13.2 Å². The molecule has 0 radical (unpaired) electrons. The summed E-state index contributed by atoms with van der Waals surface area (Å²) in [4.78, 5) is 15.4. The summed E-state index contributed by atoms with van der Waals surface area (Å²) in [6, 6.07) is 5.75. The molecule has 0 saturated heterocycles. The molecule has 1 aromatic heterocycles. The number of amides is 1. The number of nitrogens with two attached hydrogens (primary N) is 1. The molecule has 2 rings (SSSR count). The van der Waals surface area contributed by atoms with Crippen molar-refractivity contribution in [1.29, 1.82) is 0 Å². The monoisotopic (exact) mass is 396 g/mol. The van der Waals surface area contributed by atoms with E-state index in [0.717, 1.165) is 29.4 Å². The van der Waals surface area contributed by atoms with E-state index in [1.54, 1.807) is 0 Å². The predicted octanol–water partition coefficient (Wildman–Crippen LogP) is 1.84. The van der Waals surface area contributed by atoms with E-state index >= 15 is 0 Å². The van der Waals surface area contributed by atoms with Crippen molar-refractivity contribution in [3.05, 3.63) is 35.5 Å². The van der Waals surface area contributed by atoms with Gasteiger partial charge in [0.15, 0.2) is 0 Å². The number of hydrogen-bond donors (Lipinski definition) is 3. The van der Waals surface area contributed by atoms with Gasteiger partial charge in [0.2, 0.25) is 15.9 Å². The average molecular weight is 397 g/mol. The topological polar surface area (TPSA) is 108 Å². The Morgan fingerprint density at radius 1 is 1.30 bits per heavy atom. The fraction of sp³-hybridized carbons (Fsp3) is 0.526. The number of nitrogens with one attached hydrogen (secondary N) is 2. The highest BCUT2D eigenvalue weighted by molar-refractivity contribution is 7.88. The van der Waals surface area contributed by atoms with Crippen LogP contribution < -0.4 is 10.5 Å². The highest BCUT2D eigenvalue weighted by atomic mass is 32.2. The Balaban J connectivity index is 0.000000445. The molecule has 0 aliphatic heterocycles. The summed E-state index contributed by atoms with van der Waals surface area (Å²) in [5.41, 5.74) is 7.92. The molecule has 4 N–H and O–H groups in total. The summed E-state index contributed by atoms with van der Waals surface area (Å²) in [7, 11) is 2.29. The number of rotatable bonds is 8. The number of hydrogen-bond acceptors (Lipinski definition) is 4. The summed E-state index contributed by atoms with van der Waals surface area (Å²) >= 11 is 0. The van der Waals surface area contributed by atoms with E-state index in [1.165, 1.54) is 12.6 Å². The molecule has 0 aliphatic rings. The Morgan fingerprint density at radius 2 is 1.96 bits per heavy atom. The zero-order valence-electron chi connectivity index (χ0n) is 16.9. The Hall–Kier alpha value is -1.90. The number of likely N-dealkylation sites (N-methyl/N-ethyl adjacent to an activating group) is 1. The second-order valence-electron chi connectivity index (χ2n) is 7.27. The molecule has 0 bridgehead atoms. The van der Waals surface area contributed by atoms with Crippen LogP contribution in [0.1, 0.15) is 31.4 Å². The van der Waals surface area contributed by atoms with Crippen molar-refractivity contribution in [3.8, 4) is 0 Å². The highest BCUT2D eigenvalue weighted by Gasteiger charge is 2.11. The van der Waals surface area contributed by atoms with Gasteiger partial charge in [0.05, 0.1) is 5.75 Å². The highest BCUT2D eigenvalue weighted by Crippen LogP contribution is 2.21. The normalized spacial score (nSPS) is 11.7. The van der Waals surface area contributed by atoms with Gasteiger partial charge in [0.25, 0.3) is 0 Å². The Labute approximate surface area is 162 Å². The molecular formula is C19H32N4O3S. The third-order valence-electron chi connectivity index (χ3n) is 3.94. The first-order valence-corrected chi connectivity index (χ1v) is 10.6. The van der Waals surface area contributed by atoms with Gasteiger partial charge in [-0.3, -0.25) is 4.79 Å². The van der Waals surface area contributed by atoms with Crippen LogP contribution in [0.4, 0.5) is 0 Å². The maximum Gasteiger partial charge on any atom is 0.217 e. The first-order chi connectivity index (χ1) is 12.5. The zero-order valence-corrected chi connectivity index (χ0v) is 17.7. The number of aromatic nitrogens is 1. The van der Waals surface area contributed by atoms with Gasteiger partial charge in [-0.15, -0.1) is 0 Å². The van der Waals surface area contributed by atoms with Crippen molar-refractivity contribution < 1.29 is 13.2 Å². The van der Waals surface area contributed by atoms with Crippen molar-refractivity contribution in [2.45, 2.75) is 32.4 Å². The van der Waals surface area contributed by atoms with Gasteiger partial charge in [-0.1, -0.05) is 19.9 Å². The molecule has 27 heavy (non-hydrogen) atoms. The molecule has 7 nitrogen and oxygen atoms in total. The maximum absolute atomic E-state index is 11.6. The van der Waals surface area contributed by atoms with Gasteiger partial charge in [-0.05, 0) is 56.7 Å². The summed E-state index contributed by atoms with van der Waals surface area (Å²) in [6.45, 7) is 4.89. The summed E-state index contributed by atoms with van der Waals surface area (Å²) in [5, 5.41) is 1.11. The number of carbonyl (C=O) groups excluding carboxylic acids is 1. The maximum atomic E-state index is 11.6. The average Bonchev–Trinajstić information content (AvgIpc) is 2.94. The number of nitrogens with zero attached hydrogens (tertiary/aromatic N) is 1. The van der Waals surface area contributed by atoms with E-state index in [1.807, 2.05) is 52.3 Å². The molecule has 1 heterocycles. The van der Waals surface area contributed by atoms with Gasteiger partial charge in [0, 0.05) is 30.1 Å². The van der Waals surface area contributed by atoms with Gasteiger partial charge >= 0.3 is 0 Å². The van der Waals surface area contributed by atoms with Crippen LogP contribution >= 0.6 is 0 Å². The first-order valence-electron chi connectivity index (χ1n) is 8.97. The number of sulfonamides is 1. The third-order valence-corrected chi connectivity index (χ3v) is 5.27. The Kier molecular flexibility index (Phi) is 8.95. The lowest BCUT2D eigenvalue weighted by Gasteiger charge is -2.08. The molecule has 0 unspecified atom stereocenters. The molecule has 0 spiro atoms. The fourth-order valence-corrected chi connectivity index (χ4v) is 3.32. The molecule has 2 aromatic rings. The third kappa shape index (κ3) is 8.55. The standard InChI is InChI=1S/C14H21N3O2S.C5H11NO/c1-15-20(18,19)10-11-4-5-14-13(8-11)12(9-16-14)6-7-17(2)3;1-4(2)3-5(6)7/h4-5,8-9,15-16H,6-7,10H2,1-3H3;4H,3H2,1-2H3,(H2,6,7). The van der Waals surface area contributed by atoms with Crippen molar-refractivity contribution >= 4 is 26.8 Å². The minimum Gasteiger partial charge on any atom is -0.370 e. The van der Waals surface area contributed by atoms with E-state index in [2.05, 4.69) is 14.6 Å². The smallest absolute Gasteiger partial charge is 0.217 e. The molecule has 1 aromatic carbocycles. The summed E-state index contributed by atoms with van der Waals surface area (Å²) in [6.07, 6.45) is 3.44. The molecule has 0 aliphatic carbocycles. The van der Waals surface area contributed by atoms with Crippen LogP contribution in [0.5, 0.6) is 0 Å². The van der Waals surface area contributed by atoms with Crippen LogP contribution in [0.3, 0.4) is 0 Å². The van der Waals surface area contributed by atoms with E-state index in [0.29, 0.717) is 12.3 Å². The lowest BCUT2D eigenvalue weighted by molar-refractivity contribution is -0.118. The van der Waals surface area contributed by atoms with Crippen molar-refractivity contribution in [2.75, 3.05) is 27.7 Å². The van der Waals surface area contributed by atoms with Crippen LogP contribution in [0, 0.1) is 5.92 Å². The number of carbonyl (C=O) groups is 1. The van der Waals surface area contributed by atoms with Crippen LogP contribution in [0.2, 0.25) is 0 Å². The fourth-order valence-electron chi connectivity index (χ4n) is 2.56. The Morgan fingerprint density at radius 3 is 2.44 bits per heavy atom. The van der Waals surface area contributed by atoms with Gasteiger partial charge in [-0.25, -0.2) is 13.1 Å². The molecule has 0 atom stereocenters. The summed E-state index contributed by atoms with van der Waals surface area (Å²) < 4.78 is 25.6. The number of aromatic amines is 1. The van der Waals surface area contributed by atoms with Crippen molar-refractivity contribution in [3.63, 3.8) is 0 Å². The Bertz CT molecular complexity index is 842. The SMILES string of the molecule is CC(C)CC(N)=O.CNS(=O)(=O)Cc1ccc2[nH]cc(CCN(C)C)c2c1. The number of benzene rings is 1. The number of fused-ring (bicyclic) bond motifs is 1. The van der Waals surface area contributed by atoms with Crippen molar-refractivity contribution in [2.24, 2.45) is 11.7 Å². The van der Waals surface area contributed by atoms with E-state index in [4.69, 9.17) is 5.73 Å². The van der Waals surface area contributed by atoms with Gasteiger partial charge < -0.3 is 15.6 Å². The minimum atomic E-state index is -3.23. The molecular weight excluding hydrogens is 364 g/mol. The largest absolute Gasteiger partial charge is 0.370 e. The molecule has 0 fully saturated rings. The second kappa shape index (κ2) is 10.4. The second-order valence-corrected chi connectivity index (χ2v) is 9.20. The molecule has 8 heteroatoms. The van der Waals surface area contributed by atoms with Crippen molar-refractivity contribution in [1.82, 2.24) is 14.6 Å². The number of H-pyrrole nitrogens is 1. The van der Waals surface area contributed by atoms with E-state index < -0.39 is 10.0 Å². The molecule has 1 amide bonds. The minimum absolute atomic E-state index is 0.0116. The zero-order chi connectivity index (χ0) is 20.6. The van der Waals surface area contributed by atoms with Gasteiger partial charge in [-0.2, -0.15) is 0 Å².